The van der Waals surface area contributed by atoms with Gasteiger partial charge in [0.05, 0.1) is 11.0 Å². The van der Waals surface area contributed by atoms with Crippen LogP contribution in [0.25, 0.3) is 11.1 Å². The van der Waals surface area contributed by atoms with Crippen LogP contribution in [-0.4, -0.2) is 44.5 Å². The van der Waals surface area contributed by atoms with Gasteiger partial charge in [0.2, 0.25) is 6.79 Å². The van der Waals surface area contributed by atoms with Crippen LogP contribution in [0.15, 0.2) is 48.5 Å². The zero-order valence-corrected chi connectivity index (χ0v) is 23.3. The number of nitrogens with zero attached hydrogens (tertiary/aromatic N) is 2. The highest BCUT2D eigenvalue weighted by Crippen LogP contribution is 2.28. The highest BCUT2D eigenvalue weighted by atomic mass is 16.7. The van der Waals surface area contributed by atoms with E-state index in [1.165, 1.54) is 0 Å². The second-order valence-electron chi connectivity index (χ2n) is 10.9. The standard InChI is InChI=1S/C30H36N2O7/c1-7-10-23-31-25(30(5,6)37)24(27(35)38-18-39-28(36)29(2,3)4)32(23)17-19-13-15-20(16-14-19)21-11-8-9-12-22(21)26(33)34/h8-9,11-16,37H,7,10,17-18H2,1-6H3,(H,33,34). The van der Waals surface area contributed by atoms with Crippen LogP contribution in [0.4, 0.5) is 0 Å². The number of benzene rings is 2. The fourth-order valence-corrected chi connectivity index (χ4v) is 4.03. The number of carbonyl (C=O) groups is 3. The molecule has 0 amide bonds. The van der Waals surface area contributed by atoms with Crippen LogP contribution in [0, 0.1) is 5.41 Å². The van der Waals surface area contributed by atoms with E-state index in [4.69, 9.17) is 9.47 Å². The highest BCUT2D eigenvalue weighted by molar-refractivity contribution is 5.96. The van der Waals surface area contributed by atoms with Gasteiger partial charge in [0.25, 0.3) is 0 Å². The van der Waals surface area contributed by atoms with Crippen LogP contribution < -0.4 is 0 Å². The van der Waals surface area contributed by atoms with E-state index >= 15 is 0 Å². The summed E-state index contributed by atoms with van der Waals surface area (Å²) in [5.41, 5.74) is 0.446. The molecule has 0 bridgehead atoms. The first-order chi connectivity index (χ1) is 18.2. The average Bonchev–Trinajstić information content (AvgIpc) is 3.22. The lowest BCUT2D eigenvalue weighted by Gasteiger charge is -2.19. The Bertz CT molecular complexity index is 1340. The van der Waals surface area contributed by atoms with E-state index in [9.17, 15) is 24.6 Å². The van der Waals surface area contributed by atoms with Crippen molar-refractivity contribution in [2.45, 2.75) is 66.5 Å². The van der Waals surface area contributed by atoms with Crippen molar-refractivity contribution in [1.29, 1.82) is 0 Å². The second kappa shape index (κ2) is 11.8. The zero-order chi connectivity index (χ0) is 29.0. The van der Waals surface area contributed by atoms with Crippen LogP contribution in [0.1, 0.15) is 85.9 Å². The van der Waals surface area contributed by atoms with Crippen LogP contribution in [0.2, 0.25) is 0 Å². The highest BCUT2D eigenvalue weighted by Gasteiger charge is 2.33. The topological polar surface area (TPSA) is 128 Å². The van der Waals surface area contributed by atoms with E-state index in [1.807, 2.05) is 31.2 Å². The molecule has 1 aromatic heterocycles. The van der Waals surface area contributed by atoms with Crippen molar-refractivity contribution in [3.63, 3.8) is 0 Å². The van der Waals surface area contributed by atoms with Crippen LogP contribution >= 0.6 is 0 Å². The molecule has 0 saturated heterocycles. The molecule has 0 aliphatic rings. The minimum absolute atomic E-state index is 0.0815. The molecule has 0 unspecified atom stereocenters. The SMILES string of the molecule is CCCc1nc(C(C)(C)O)c(C(=O)OCOC(=O)C(C)(C)C)n1Cc1ccc(-c2ccccc2C(=O)O)cc1. The molecule has 0 radical (unpaired) electrons. The average molecular weight is 537 g/mol. The number of aliphatic hydroxyl groups is 1. The summed E-state index contributed by atoms with van der Waals surface area (Å²) in [6, 6.07) is 14.1. The van der Waals surface area contributed by atoms with E-state index in [0.29, 0.717) is 17.8 Å². The summed E-state index contributed by atoms with van der Waals surface area (Å²) in [5.74, 6) is -1.68. The third-order valence-corrected chi connectivity index (χ3v) is 6.05. The van der Waals surface area contributed by atoms with E-state index in [2.05, 4.69) is 4.98 Å². The Morgan fingerprint density at radius 1 is 0.949 bits per heavy atom. The van der Waals surface area contributed by atoms with Gasteiger partial charge in [-0.15, -0.1) is 0 Å². The van der Waals surface area contributed by atoms with Gasteiger partial charge in [-0.1, -0.05) is 49.4 Å². The van der Waals surface area contributed by atoms with Gasteiger partial charge in [-0.25, -0.2) is 14.6 Å². The van der Waals surface area contributed by atoms with E-state index in [-0.39, 0.29) is 23.5 Å². The molecule has 208 valence electrons. The normalized spacial score (nSPS) is 11.8. The van der Waals surface area contributed by atoms with Crippen molar-refractivity contribution < 1.29 is 34.1 Å². The molecule has 0 aliphatic heterocycles. The number of ether oxygens (including phenoxy) is 2. The Morgan fingerprint density at radius 2 is 1.59 bits per heavy atom. The molecule has 0 atom stereocenters. The maximum absolute atomic E-state index is 13.3. The molecule has 0 aliphatic carbocycles. The number of aryl methyl sites for hydroxylation is 1. The molecular weight excluding hydrogens is 500 g/mol. The van der Waals surface area contributed by atoms with Crippen molar-refractivity contribution in [2.24, 2.45) is 5.41 Å². The first kappa shape index (κ1) is 29.6. The predicted octanol–water partition coefficient (Wildman–Crippen LogP) is 5.18. The first-order valence-electron chi connectivity index (χ1n) is 12.8. The number of rotatable bonds is 10. The molecule has 1 heterocycles. The zero-order valence-electron chi connectivity index (χ0n) is 23.3. The number of carbonyl (C=O) groups excluding carboxylic acids is 2. The van der Waals surface area contributed by atoms with E-state index in [1.54, 1.807) is 63.5 Å². The molecule has 9 heteroatoms. The summed E-state index contributed by atoms with van der Waals surface area (Å²) >= 11 is 0. The second-order valence-corrected chi connectivity index (χ2v) is 10.9. The fourth-order valence-electron chi connectivity index (χ4n) is 4.03. The molecule has 2 aromatic carbocycles. The lowest BCUT2D eigenvalue weighted by atomic mass is 9.98. The molecule has 0 spiro atoms. The van der Waals surface area contributed by atoms with Gasteiger partial charge < -0.3 is 24.3 Å². The lowest BCUT2D eigenvalue weighted by Crippen LogP contribution is -2.27. The molecule has 0 saturated carbocycles. The van der Waals surface area contributed by atoms with Crippen LogP contribution in [0.3, 0.4) is 0 Å². The number of carboxylic acid groups (broad SMARTS) is 1. The van der Waals surface area contributed by atoms with Gasteiger partial charge >= 0.3 is 17.9 Å². The Labute approximate surface area is 228 Å². The summed E-state index contributed by atoms with van der Waals surface area (Å²) in [6.45, 7) is 9.85. The first-order valence-corrected chi connectivity index (χ1v) is 12.8. The van der Waals surface area contributed by atoms with Gasteiger partial charge in [0.15, 0.2) is 5.69 Å². The van der Waals surface area contributed by atoms with Gasteiger partial charge in [-0.05, 0) is 63.8 Å². The minimum atomic E-state index is -1.44. The van der Waals surface area contributed by atoms with Gasteiger partial charge in [-0.3, -0.25) is 4.79 Å². The van der Waals surface area contributed by atoms with E-state index in [0.717, 1.165) is 17.5 Å². The maximum atomic E-state index is 13.3. The number of hydrogen-bond acceptors (Lipinski definition) is 7. The van der Waals surface area contributed by atoms with Gasteiger partial charge in [0, 0.05) is 13.0 Å². The summed E-state index contributed by atoms with van der Waals surface area (Å²) in [6.07, 6.45) is 1.31. The molecule has 2 N–H and O–H groups in total. The van der Waals surface area contributed by atoms with Gasteiger partial charge in [-0.2, -0.15) is 0 Å². The predicted molar refractivity (Wildman–Crippen MR) is 145 cm³/mol. The summed E-state index contributed by atoms with van der Waals surface area (Å²) in [5, 5.41) is 20.4. The molecule has 3 rings (SSSR count). The number of aromatic nitrogens is 2. The number of aromatic carboxylic acids is 1. The van der Waals surface area contributed by atoms with Crippen molar-refractivity contribution in [1.82, 2.24) is 9.55 Å². The third kappa shape index (κ3) is 7.11. The largest absolute Gasteiger partial charge is 0.478 e. The summed E-state index contributed by atoms with van der Waals surface area (Å²) < 4.78 is 12.1. The number of hydrogen-bond donors (Lipinski definition) is 2. The van der Waals surface area contributed by atoms with Crippen molar-refractivity contribution in [3.8, 4) is 11.1 Å². The monoisotopic (exact) mass is 536 g/mol. The molecule has 0 fully saturated rings. The lowest BCUT2D eigenvalue weighted by molar-refractivity contribution is -0.161. The minimum Gasteiger partial charge on any atom is -0.478 e. The number of imidazole rings is 1. The number of carboxylic acids is 1. The summed E-state index contributed by atoms with van der Waals surface area (Å²) in [7, 11) is 0. The van der Waals surface area contributed by atoms with Crippen LogP contribution in [0.5, 0.6) is 0 Å². The van der Waals surface area contributed by atoms with Crippen molar-refractivity contribution in [2.75, 3.05) is 6.79 Å². The maximum Gasteiger partial charge on any atom is 0.359 e. The quantitative estimate of drug-likeness (QED) is 0.268. The third-order valence-electron chi connectivity index (χ3n) is 6.05. The Balaban J connectivity index is 1.96. The van der Waals surface area contributed by atoms with E-state index < -0.39 is 35.7 Å². The van der Waals surface area contributed by atoms with Crippen LogP contribution in [-0.2, 0) is 32.8 Å². The summed E-state index contributed by atoms with van der Waals surface area (Å²) in [4.78, 5) is 41.6. The fraction of sp³-hybridized carbons (Fsp3) is 0.400. The van der Waals surface area contributed by atoms with Crippen molar-refractivity contribution >= 4 is 17.9 Å². The Morgan fingerprint density at radius 3 is 2.15 bits per heavy atom. The smallest absolute Gasteiger partial charge is 0.359 e. The Kier molecular flexibility index (Phi) is 8.96. The van der Waals surface area contributed by atoms with Crippen molar-refractivity contribution in [3.05, 3.63) is 76.9 Å². The molecule has 39 heavy (non-hydrogen) atoms. The Hall–Kier alpha value is -3.98. The molecule has 3 aromatic rings. The molecular formula is C30H36N2O7. The van der Waals surface area contributed by atoms with Gasteiger partial charge in [0.1, 0.15) is 17.1 Å². The molecule has 9 nitrogen and oxygen atoms in total. The number of esters is 2.